The highest BCUT2D eigenvalue weighted by Crippen LogP contribution is 2.66. The molecule has 2 aromatic carbocycles. The molecule has 206 valence electrons. The number of nitrogens with zero attached hydrogens (tertiary/aromatic N) is 2. The number of H-pyrrole nitrogens is 1. The van der Waals surface area contributed by atoms with Crippen molar-refractivity contribution in [2.75, 3.05) is 7.11 Å². The molecule has 10 heteroatoms. The second-order valence-electron chi connectivity index (χ2n) is 11.3. The summed E-state index contributed by atoms with van der Waals surface area (Å²) in [7, 11) is 1.59. The predicted octanol–water partition coefficient (Wildman–Crippen LogP) is 5.47. The van der Waals surface area contributed by atoms with Gasteiger partial charge in [0.15, 0.2) is 0 Å². The summed E-state index contributed by atoms with van der Waals surface area (Å²) in [5.74, 6) is 1.54. The van der Waals surface area contributed by atoms with Crippen LogP contribution in [0.2, 0.25) is 0 Å². The maximum Gasteiger partial charge on any atom is 0.364 e. The Morgan fingerprint density at radius 3 is 2.38 bits per heavy atom. The van der Waals surface area contributed by atoms with Crippen LogP contribution in [0.25, 0.3) is 5.69 Å². The lowest BCUT2D eigenvalue weighted by Gasteiger charge is -2.38. The third kappa shape index (κ3) is 4.48. The number of fused-ring (bicyclic) bond motifs is 2. The number of carbonyl (C=O) groups is 1. The number of hydrogen-bond donors (Lipinski definition) is 1. The number of methoxy groups -OCH3 is 1. The largest absolute Gasteiger partial charge is 0.496 e. The molecule has 0 radical (unpaired) electrons. The lowest BCUT2D eigenvalue weighted by molar-refractivity contribution is -0.0250. The lowest BCUT2D eigenvalue weighted by Crippen LogP contribution is -2.41. The van der Waals surface area contributed by atoms with E-state index in [1.54, 1.807) is 37.4 Å². The second kappa shape index (κ2) is 9.66. The van der Waals surface area contributed by atoms with Crippen molar-refractivity contribution in [1.82, 2.24) is 14.8 Å². The highest BCUT2D eigenvalue weighted by Gasteiger charge is 2.63. The fourth-order valence-electron chi connectivity index (χ4n) is 6.24. The molecule has 2 bridgehead atoms. The molecule has 3 atom stereocenters. The SMILES string of the molecule is COc1ccc(Oc2c(C)cc(-n3nc(C(=O)OC4CC5CCC4(C)C5(C)C)c(=O)[nH]c3=O)cc2C)cc1Br. The molecule has 0 spiro atoms. The summed E-state index contributed by atoms with van der Waals surface area (Å²) in [5.41, 5.74) is -0.344. The molecule has 2 aliphatic carbocycles. The number of rotatable bonds is 6. The van der Waals surface area contributed by atoms with Gasteiger partial charge in [0.05, 0.1) is 17.3 Å². The highest BCUT2D eigenvalue weighted by molar-refractivity contribution is 9.10. The molecule has 0 aliphatic heterocycles. The normalized spacial score (nSPS) is 23.1. The van der Waals surface area contributed by atoms with Crippen LogP contribution in [0.5, 0.6) is 17.2 Å². The first-order chi connectivity index (χ1) is 18.4. The van der Waals surface area contributed by atoms with Gasteiger partial charge in [0.1, 0.15) is 23.4 Å². The van der Waals surface area contributed by atoms with Crippen LogP contribution < -0.4 is 20.7 Å². The summed E-state index contributed by atoms with van der Waals surface area (Å²) in [6.07, 6.45) is 2.53. The van der Waals surface area contributed by atoms with E-state index in [4.69, 9.17) is 14.2 Å². The molecule has 39 heavy (non-hydrogen) atoms. The Kier molecular flexibility index (Phi) is 6.73. The van der Waals surface area contributed by atoms with Gasteiger partial charge in [0, 0.05) is 5.41 Å². The van der Waals surface area contributed by atoms with E-state index >= 15 is 0 Å². The molecule has 0 saturated heterocycles. The van der Waals surface area contributed by atoms with Crippen LogP contribution >= 0.6 is 15.9 Å². The van der Waals surface area contributed by atoms with Gasteiger partial charge in [-0.3, -0.25) is 9.78 Å². The second-order valence-corrected chi connectivity index (χ2v) is 12.2. The summed E-state index contributed by atoms with van der Waals surface area (Å²) in [6.45, 7) is 10.3. The zero-order valence-corrected chi connectivity index (χ0v) is 24.5. The van der Waals surface area contributed by atoms with Gasteiger partial charge in [0.25, 0.3) is 5.56 Å². The van der Waals surface area contributed by atoms with Crippen molar-refractivity contribution >= 4 is 21.9 Å². The number of hydrogen-bond acceptors (Lipinski definition) is 7. The van der Waals surface area contributed by atoms with Gasteiger partial charge in [-0.2, -0.15) is 9.78 Å². The molecular formula is C29H32BrN3O6. The summed E-state index contributed by atoms with van der Waals surface area (Å²) in [6, 6.07) is 8.81. The Labute approximate surface area is 234 Å². The monoisotopic (exact) mass is 597 g/mol. The van der Waals surface area contributed by atoms with Gasteiger partial charge in [-0.05, 0) is 102 Å². The van der Waals surface area contributed by atoms with Crippen LogP contribution in [0.15, 0.2) is 44.4 Å². The van der Waals surface area contributed by atoms with Gasteiger partial charge >= 0.3 is 11.7 Å². The van der Waals surface area contributed by atoms with Crippen molar-refractivity contribution in [3.05, 3.63) is 72.5 Å². The van der Waals surface area contributed by atoms with Crippen LogP contribution in [-0.4, -0.2) is 33.9 Å². The van der Waals surface area contributed by atoms with Crippen molar-refractivity contribution in [2.45, 2.75) is 60.0 Å². The van der Waals surface area contributed by atoms with Gasteiger partial charge in [0.2, 0.25) is 5.69 Å². The van der Waals surface area contributed by atoms with Crippen molar-refractivity contribution in [3.8, 4) is 22.9 Å². The third-order valence-electron chi connectivity index (χ3n) is 9.02. The number of esters is 1. The van der Waals surface area contributed by atoms with Gasteiger partial charge in [-0.15, -0.1) is 0 Å². The van der Waals surface area contributed by atoms with E-state index in [1.165, 1.54) is 0 Å². The fourth-order valence-corrected chi connectivity index (χ4v) is 6.76. The molecule has 3 aromatic rings. The minimum Gasteiger partial charge on any atom is -0.496 e. The molecule has 2 aliphatic rings. The Bertz CT molecular complexity index is 1570. The number of ether oxygens (including phenoxy) is 3. The van der Waals surface area contributed by atoms with E-state index in [-0.39, 0.29) is 16.9 Å². The zero-order chi connectivity index (χ0) is 28.3. The Hall–Kier alpha value is -3.40. The van der Waals surface area contributed by atoms with E-state index in [9.17, 15) is 14.4 Å². The zero-order valence-electron chi connectivity index (χ0n) is 22.9. The summed E-state index contributed by atoms with van der Waals surface area (Å²) in [5, 5.41) is 4.16. The number of aromatic nitrogens is 3. The molecule has 9 nitrogen and oxygen atoms in total. The van der Waals surface area contributed by atoms with Crippen LogP contribution in [0.1, 0.15) is 61.6 Å². The topological polar surface area (TPSA) is 113 Å². The van der Waals surface area contributed by atoms with Gasteiger partial charge < -0.3 is 14.2 Å². The fraction of sp³-hybridized carbons (Fsp3) is 0.448. The number of halogens is 1. The van der Waals surface area contributed by atoms with Crippen LogP contribution in [0.3, 0.4) is 0 Å². The number of nitrogens with one attached hydrogen (secondary N) is 1. The van der Waals surface area contributed by atoms with Crippen LogP contribution in [0.4, 0.5) is 0 Å². The standard InChI is InChI=1S/C29H32BrN3O6/c1-15-11-18(12-16(2)24(15)38-19-7-8-21(37-6)20(30)14-19)33-27(36)31-25(34)23(32-33)26(35)39-22-13-17-9-10-29(22,5)28(17,3)4/h7-8,11-12,14,17,22H,9-10,13H2,1-6H3,(H,31,34,36). The molecule has 5 rings (SSSR count). The Balaban J connectivity index is 1.43. The number of benzene rings is 2. The molecule has 1 aromatic heterocycles. The van der Waals surface area contributed by atoms with E-state index in [0.717, 1.165) is 39.5 Å². The smallest absolute Gasteiger partial charge is 0.364 e. The molecule has 3 unspecified atom stereocenters. The van der Waals surface area contributed by atoms with Crippen molar-refractivity contribution in [2.24, 2.45) is 16.7 Å². The minimum absolute atomic E-state index is 0.0390. The minimum atomic E-state index is -0.868. The number of aryl methyl sites for hydroxylation is 2. The van der Waals surface area contributed by atoms with Gasteiger partial charge in [-0.1, -0.05) is 20.8 Å². The molecule has 1 N–H and O–H groups in total. The maximum atomic E-state index is 13.2. The number of carbonyl (C=O) groups excluding carboxylic acids is 1. The Morgan fingerprint density at radius 1 is 1.13 bits per heavy atom. The maximum absolute atomic E-state index is 13.2. The first-order valence-electron chi connectivity index (χ1n) is 12.9. The first-order valence-corrected chi connectivity index (χ1v) is 13.7. The van der Waals surface area contributed by atoms with Crippen molar-refractivity contribution in [1.29, 1.82) is 0 Å². The van der Waals surface area contributed by atoms with E-state index in [0.29, 0.717) is 28.9 Å². The van der Waals surface area contributed by atoms with Crippen molar-refractivity contribution in [3.63, 3.8) is 0 Å². The lowest BCUT2D eigenvalue weighted by atomic mass is 9.70. The van der Waals surface area contributed by atoms with E-state index < -0.39 is 22.9 Å². The quantitative estimate of drug-likeness (QED) is 0.375. The molecule has 2 saturated carbocycles. The van der Waals surface area contributed by atoms with E-state index in [2.05, 4.69) is 46.8 Å². The van der Waals surface area contributed by atoms with E-state index in [1.807, 2.05) is 13.8 Å². The number of aromatic amines is 1. The van der Waals surface area contributed by atoms with Crippen LogP contribution in [-0.2, 0) is 4.74 Å². The molecule has 2 fully saturated rings. The van der Waals surface area contributed by atoms with Crippen LogP contribution in [0, 0.1) is 30.6 Å². The summed E-state index contributed by atoms with van der Waals surface area (Å²) >= 11 is 3.46. The first kappa shape index (κ1) is 27.2. The van der Waals surface area contributed by atoms with Gasteiger partial charge in [-0.25, -0.2) is 9.59 Å². The summed E-state index contributed by atoms with van der Waals surface area (Å²) in [4.78, 5) is 40.7. The Morgan fingerprint density at radius 2 is 1.82 bits per heavy atom. The van der Waals surface area contributed by atoms with Crippen molar-refractivity contribution < 1.29 is 19.0 Å². The summed E-state index contributed by atoms with van der Waals surface area (Å²) < 4.78 is 19.0. The molecule has 0 amide bonds. The molecular weight excluding hydrogens is 566 g/mol. The third-order valence-corrected chi connectivity index (χ3v) is 9.64. The highest BCUT2D eigenvalue weighted by atomic mass is 79.9. The average Bonchev–Trinajstić information content (AvgIpc) is 3.20. The molecule has 1 heterocycles. The predicted molar refractivity (Wildman–Crippen MR) is 149 cm³/mol. The average molecular weight is 598 g/mol.